The molecule has 0 aliphatic carbocycles. The van der Waals surface area contributed by atoms with E-state index in [1.165, 1.54) is 24.2 Å². The van der Waals surface area contributed by atoms with Gasteiger partial charge in [0.15, 0.2) is 0 Å². The van der Waals surface area contributed by atoms with E-state index in [4.69, 9.17) is 0 Å². The summed E-state index contributed by atoms with van der Waals surface area (Å²) in [6, 6.07) is 4.02. The van der Waals surface area contributed by atoms with Crippen molar-refractivity contribution in [2.24, 2.45) is 5.92 Å². The summed E-state index contributed by atoms with van der Waals surface area (Å²) in [6.45, 7) is 2.43. The maximum atomic E-state index is 12.5. The van der Waals surface area contributed by atoms with E-state index in [1.54, 1.807) is 16.4 Å². The molecule has 0 saturated carbocycles. The Morgan fingerprint density at radius 2 is 2.21 bits per heavy atom. The van der Waals surface area contributed by atoms with Crippen molar-refractivity contribution < 1.29 is 8.42 Å². The third-order valence-corrected chi connectivity index (χ3v) is 7.42. The Kier molecular flexibility index (Phi) is 3.93. The fourth-order valence-corrected chi connectivity index (χ4v) is 5.85. The van der Waals surface area contributed by atoms with E-state index in [0.717, 1.165) is 19.4 Å². The summed E-state index contributed by atoms with van der Waals surface area (Å²) in [5.41, 5.74) is 0. The average Bonchev–Trinajstić information content (AvgIpc) is 3.12. The fourth-order valence-electron chi connectivity index (χ4n) is 3.17. The zero-order valence-electron chi connectivity index (χ0n) is 10.9. The molecule has 106 valence electrons. The lowest BCUT2D eigenvalue weighted by atomic mass is 9.91. The number of piperidine rings is 1. The molecule has 0 amide bonds. The quantitative estimate of drug-likeness (QED) is 0.927. The van der Waals surface area contributed by atoms with Crippen LogP contribution in [0.2, 0.25) is 0 Å². The van der Waals surface area contributed by atoms with Gasteiger partial charge in [0.05, 0.1) is 0 Å². The van der Waals surface area contributed by atoms with Crippen molar-refractivity contribution in [1.82, 2.24) is 9.62 Å². The van der Waals surface area contributed by atoms with E-state index in [9.17, 15) is 8.42 Å². The maximum absolute atomic E-state index is 12.5. The van der Waals surface area contributed by atoms with Gasteiger partial charge in [0.25, 0.3) is 10.0 Å². The van der Waals surface area contributed by atoms with Crippen molar-refractivity contribution in [2.45, 2.75) is 35.9 Å². The van der Waals surface area contributed by atoms with Gasteiger partial charge in [-0.1, -0.05) is 6.07 Å². The van der Waals surface area contributed by atoms with E-state index in [0.29, 0.717) is 29.3 Å². The van der Waals surface area contributed by atoms with Gasteiger partial charge in [-0.25, -0.2) is 8.42 Å². The molecule has 2 saturated heterocycles. The smallest absolute Gasteiger partial charge is 0.252 e. The van der Waals surface area contributed by atoms with Gasteiger partial charge in [-0.2, -0.15) is 4.31 Å². The van der Waals surface area contributed by atoms with E-state index < -0.39 is 10.0 Å². The molecular formula is C13H20N2O2S2. The van der Waals surface area contributed by atoms with Crippen molar-refractivity contribution in [3.63, 3.8) is 0 Å². The maximum Gasteiger partial charge on any atom is 0.252 e. The molecule has 1 aromatic rings. The van der Waals surface area contributed by atoms with Crippen LogP contribution in [0, 0.1) is 5.92 Å². The summed E-state index contributed by atoms with van der Waals surface area (Å²) in [5.74, 6) is 0.478. The molecule has 0 spiro atoms. The Labute approximate surface area is 118 Å². The predicted molar refractivity (Wildman–Crippen MR) is 76.8 cm³/mol. The lowest BCUT2D eigenvalue weighted by Gasteiger charge is -2.34. The first-order valence-electron chi connectivity index (χ1n) is 6.95. The van der Waals surface area contributed by atoms with Gasteiger partial charge >= 0.3 is 0 Å². The number of thiophene rings is 1. The molecule has 19 heavy (non-hydrogen) atoms. The number of nitrogens with one attached hydrogen (secondary N) is 1. The van der Waals surface area contributed by atoms with Crippen LogP contribution in [0.15, 0.2) is 21.7 Å². The van der Waals surface area contributed by atoms with Crippen molar-refractivity contribution >= 4 is 21.4 Å². The Morgan fingerprint density at radius 3 is 2.89 bits per heavy atom. The topological polar surface area (TPSA) is 49.4 Å². The van der Waals surface area contributed by atoms with Crippen molar-refractivity contribution in [3.05, 3.63) is 17.5 Å². The van der Waals surface area contributed by atoms with Crippen LogP contribution in [0.5, 0.6) is 0 Å². The van der Waals surface area contributed by atoms with Gasteiger partial charge in [0.2, 0.25) is 0 Å². The Bertz CT molecular complexity index is 507. The number of nitrogens with zero attached hydrogens (tertiary/aromatic N) is 1. The van der Waals surface area contributed by atoms with E-state index in [1.807, 2.05) is 5.38 Å². The molecule has 0 aromatic carbocycles. The normalized spacial score (nSPS) is 29.7. The molecule has 3 rings (SSSR count). The third-order valence-electron chi connectivity index (χ3n) is 4.18. The minimum atomic E-state index is -3.26. The average molecular weight is 300 g/mol. The van der Waals surface area contributed by atoms with Gasteiger partial charge < -0.3 is 5.32 Å². The molecule has 0 radical (unpaired) electrons. The van der Waals surface area contributed by atoms with Crippen LogP contribution in [0.1, 0.15) is 25.7 Å². The highest BCUT2D eigenvalue weighted by atomic mass is 32.2. The van der Waals surface area contributed by atoms with Crippen LogP contribution in [-0.4, -0.2) is 38.4 Å². The molecule has 0 bridgehead atoms. The van der Waals surface area contributed by atoms with Crippen LogP contribution < -0.4 is 5.32 Å². The van der Waals surface area contributed by atoms with Crippen LogP contribution in [0.4, 0.5) is 0 Å². The molecule has 2 aliphatic rings. The summed E-state index contributed by atoms with van der Waals surface area (Å²) in [7, 11) is -3.26. The second kappa shape index (κ2) is 5.52. The first-order chi connectivity index (χ1) is 9.18. The summed E-state index contributed by atoms with van der Waals surface area (Å²) >= 11 is 1.31. The molecule has 2 fully saturated rings. The number of rotatable bonds is 3. The molecule has 1 N–H and O–H groups in total. The van der Waals surface area contributed by atoms with Crippen molar-refractivity contribution in [3.8, 4) is 0 Å². The predicted octanol–water partition coefficient (Wildman–Crippen LogP) is 1.90. The van der Waals surface area contributed by atoms with Crippen molar-refractivity contribution in [1.29, 1.82) is 0 Å². The van der Waals surface area contributed by atoms with Crippen LogP contribution in [0.25, 0.3) is 0 Å². The second-order valence-corrected chi connectivity index (χ2v) is 8.51. The summed E-state index contributed by atoms with van der Waals surface area (Å²) in [4.78, 5) is 0. The van der Waals surface area contributed by atoms with E-state index in [2.05, 4.69) is 5.32 Å². The highest BCUT2D eigenvalue weighted by Gasteiger charge is 2.34. The molecule has 2 atom stereocenters. The summed E-state index contributed by atoms with van der Waals surface area (Å²) in [6.07, 6.45) is 4.54. The largest absolute Gasteiger partial charge is 0.314 e. The third kappa shape index (κ3) is 2.72. The fraction of sp³-hybridized carbons (Fsp3) is 0.692. The minimum Gasteiger partial charge on any atom is -0.314 e. The Hall–Kier alpha value is -0.430. The van der Waals surface area contributed by atoms with Crippen LogP contribution >= 0.6 is 11.3 Å². The zero-order valence-corrected chi connectivity index (χ0v) is 12.5. The Balaban J connectivity index is 1.74. The molecule has 2 unspecified atom stereocenters. The zero-order chi connectivity index (χ0) is 13.3. The van der Waals surface area contributed by atoms with Gasteiger partial charge in [-0.3, -0.25) is 0 Å². The molecule has 1 aromatic heterocycles. The van der Waals surface area contributed by atoms with Crippen molar-refractivity contribution in [2.75, 3.05) is 19.6 Å². The molecule has 4 nitrogen and oxygen atoms in total. The molecular weight excluding hydrogens is 280 g/mol. The highest BCUT2D eigenvalue weighted by molar-refractivity contribution is 7.91. The highest BCUT2D eigenvalue weighted by Crippen LogP contribution is 2.29. The summed E-state index contributed by atoms with van der Waals surface area (Å²) in [5, 5.41) is 5.34. The SMILES string of the molecule is O=S(=O)(c1cccs1)N1CCCC(C2CCCN2)C1. The number of hydrogen-bond acceptors (Lipinski definition) is 4. The first kappa shape index (κ1) is 13.5. The van der Waals surface area contributed by atoms with Gasteiger partial charge in [0.1, 0.15) is 4.21 Å². The molecule has 3 heterocycles. The lowest BCUT2D eigenvalue weighted by Crippen LogP contribution is -2.45. The molecule has 6 heteroatoms. The van der Waals surface area contributed by atoms with Gasteiger partial charge in [0, 0.05) is 19.1 Å². The second-order valence-electron chi connectivity index (χ2n) is 5.40. The van der Waals surface area contributed by atoms with E-state index >= 15 is 0 Å². The first-order valence-corrected chi connectivity index (χ1v) is 9.27. The monoisotopic (exact) mass is 300 g/mol. The van der Waals surface area contributed by atoms with Crippen LogP contribution in [0.3, 0.4) is 0 Å². The lowest BCUT2D eigenvalue weighted by molar-refractivity contribution is 0.227. The standard InChI is InChI=1S/C13H20N2O2S2/c16-19(17,13-6-3-9-18-13)15-8-2-4-11(10-15)12-5-1-7-14-12/h3,6,9,11-12,14H,1-2,4-5,7-8,10H2. The summed E-state index contributed by atoms with van der Waals surface area (Å²) < 4.78 is 27.2. The van der Waals surface area contributed by atoms with Crippen LogP contribution in [-0.2, 0) is 10.0 Å². The number of hydrogen-bond donors (Lipinski definition) is 1. The minimum absolute atomic E-state index is 0.478. The number of sulfonamides is 1. The van der Waals surface area contributed by atoms with E-state index in [-0.39, 0.29) is 0 Å². The Morgan fingerprint density at radius 1 is 1.32 bits per heavy atom. The molecule has 2 aliphatic heterocycles. The van der Waals surface area contributed by atoms with Gasteiger partial charge in [-0.15, -0.1) is 11.3 Å². The van der Waals surface area contributed by atoms with Gasteiger partial charge in [-0.05, 0) is 49.6 Å².